The molecule has 0 fully saturated rings. The minimum atomic E-state index is -0.599. The molecule has 0 saturated carbocycles. The third-order valence-electron chi connectivity index (χ3n) is 4.79. The van der Waals surface area contributed by atoms with Crippen LogP contribution in [-0.4, -0.2) is 39.0 Å². The Kier molecular flexibility index (Phi) is 5.57. The van der Waals surface area contributed by atoms with Gasteiger partial charge in [0.15, 0.2) is 0 Å². The Balaban J connectivity index is 1.67. The molecular formula is C22H19F2N5O2. The highest BCUT2D eigenvalue weighted by molar-refractivity contribution is 5.73. The summed E-state index contributed by atoms with van der Waals surface area (Å²) in [6.07, 6.45) is 5.27. The van der Waals surface area contributed by atoms with Crippen LogP contribution in [0.2, 0.25) is 0 Å². The molecule has 3 heterocycles. The van der Waals surface area contributed by atoms with Gasteiger partial charge in [-0.3, -0.25) is 0 Å². The monoisotopic (exact) mass is 423 g/mol. The van der Waals surface area contributed by atoms with Gasteiger partial charge in [0.25, 0.3) is 0 Å². The number of ether oxygens (including phenoxy) is 2. The number of nitrogens with zero attached hydrogens (tertiary/aromatic N) is 5. The smallest absolute Gasteiger partial charge is 0.319 e. The molecule has 9 heteroatoms. The van der Waals surface area contributed by atoms with Gasteiger partial charge in [-0.25, -0.2) is 13.8 Å². The zero-order valence-electron chi connectivity index (χ0n) is 17.1. The Morgan fingerprint density at radius 3 is 2.58 bits per heavy atom. The largest absolute Gasteiger partial charge is 0.480 e. The number of rotatable bonds is 6. The summed E-state index contributed by atoms with van der Waals surface area (Å²) >= 11 is 0. The second kappa shape index (κ2) is 8.47. The average molecular weight is 423 g/mol. The van der Waals surface area contributed by atoms with Gasteiger partial charge in [-0.1, -0.05) is 6.07 Å². The van der Waals surface area contributed by atoms with E-state index in [4.69, 9.17) is 9.47 Å². The molecule has 0 amide bonds. The Morgan fingerprint density at radius 1 is 1.00 bits per heavy atom. The summed E-state index contributed by atoms with van der Waals surface area (Å²) in [5.41, 5.74) is 3.96. The fourth-order valence-electron chi connectivity index (χ4n) is 3.20. The van der Waals surface area contributed by atoms with Crippen molar-refractivity contribution in [1.29, 1.82) is 0 Å². The van der Waals surface area contributed by atoms with Gasteiger partial charge >= 0.3 is 6.01 Å². The normalized spacial score (nSPS) is 10.9. The molecule has 4 aromatic rings. The van der Waals surface area contributed by atoms with Crippen molar-refractivity contribution in [3.63, 3.8) is 0 Å². The number of aryl methyl sites for hydroxylation is 1. The van der Waals surface area contributed by atoms with Crippen LogP contribution in [0.1, 0.15) is 11.3 Å². The Labute approximate surface area is 177 Å². The lowest BCUT2D eigenvalue weighted by molar-refractivity contribution is 0.353. The van der Waals surface area contributed by atoms with Crippen molar-refractivity contribution in [2.24, 2.45) is 0 Å². The highest BCUT2D eigenvalue weighted by Crippen LogP contribution is 2.31. The SMILES string of the molecule is COc1ncc(-c2cc(-c3ccn(Cc4ccc(F)cc4F)c3)c(C)nn2)c(OC)n1. The van der Waals surface area contributed by atoms with E-state index in [1.54, 1.807) is 6.20 Å². The van der Waals surface area contributed by atoms with E-state index in [-0.39, 0.29) is 12.6 Å². The lowest BCUT2D eigenvalue weighted by Gasteiger charge is -2.09. The second-order valence-corrected chi connectivity index (χ2v) is 6.82. The van der Waals surface area contributed by atoms with Crippen LogP contribution >= 0.6 is 0 Å². The minimum absolute atomic E-state index is 0.186. The number of hydrogen-bond donors (Lipinski definition) is 0. The Hall–Kier alpha value is -3.88. The minimum Gasteiger partial charge on any atom is -0.480 e. The van der Waals surface area contributed by atoms with Gasteiger partial charge in [0, 0.05) is 47.9 Å². The van der Waals surface area contributed by atoms with Crippen LogP contribution < -0.4 is 9.47 Å². The van der Waals surface area contributed by atoms with Gasteiger partial charge in [0.1, 0.15) is 17.3 Å². The van der Waals surface area contributed by atoms with Gasteiger partial charge in [0.2, 0.25) is 5.88 Å². The summed E-state index contributed by atoms with van der Waals surface area (Å²) in [5.74, 6) is -0.857. The van der Waals surface area contributed by atoms with E-state index >= 15 is 0 Å². The standard InChI is InChI=1S/C22H19F2N5O2/c1-13-17(9-20(28-27-13)18-10-25-22(31-3)26-21(18)30-2)14-6-7-29(11-14)12-15-4-5-16(23)8-19(15)24/h4-11H,12H2,1-3H3. The molecule has 0 aliphatic rings. The van der Waals surface area contributed by atoms with Crippen molar-refractivity contribution >= 4 is 0 Å². The van der Waals surface area contributed by atoms with Crippen molar-refractivity contribution in [2.75, 3.05) is 14.2 Å². The zero-order valence-corrected chi connectivity index (χ0v) is 17.1. The van der Waals surface area contributed by atoms with Crippen LogP contribution in [0.25, 0.3) is 22.4 Å². The fourth-order valence-corrected chi connectivity index (χ4v) is 3.20. The van der Waals surface area contributed by atoms with Gasteiger partial charge in [-0.05, 0) is 25.1 Å². The van der Waals surface area contributed by atoms with E-state index in [0.29, 0.717) is 22.7 Å². The predicted octanol–water partition coefficient (Wildman–Crippen LogP) is 4.05. The summed E-state index contributed by atoms with van der Waals surface area (Å²) in [5, 5.41) is 8.51. The van der Waals surface area contributed by atoms with E-state index in [1.807, 2.05) is 36.0 Å². The highest BCUT2D eigenvalue weighted by atomic mass is 19.1. The van der Waals surface area contributed by atoms with Crippen LogP contribution in [0.5, 0.6) is 11.9 Å². The van der Waals surface area contributed by atoms with Gasteiger partial charge < -0.3 is 14.0 Å². The quantitative estimate of drug-likeness (QED) is 0.466. The molecule has 0 N–H and O–H groups in total. The number of benzene rings is 1. The first-order chi connectivity index (χ1) is 15.0. The predicted molar refractivity (Wildman–Crippen MR) is 110 cm³/mol. The van der Waals surface area contributed by atoms with E-state index in [2.05, 4.69) is 20.2 Å². The molecule has 0 spiro atoms. The number of halogens is 2. The van der Waals surface area contributed by atoms with Crippen molar-refractivity contribution in [2.45, 2.75) is 13.5 Å². The first kappa shape index (κ1) is 20.4. The molecule has 158 valence electrons. The summed E-state index contributed by atoms with van der Waals surface area (Å²) in [7, 11) is 2.98. The molecule has 0 atom stereocenters. The van der Waals surface area contributed by atoms with Crippen molar-refractivity contribution in [1.82, 2.24) is 24.7 Å². The van der Waals surface area contributed by atoms with Crippen LogP contribution in [0.3, 0.4) is 0 Å². The zero-order chi connectivity index (χ0) is 22.0. The van der Waals surface area contributed by atoms with Crippen molar-refractivity contribution in [3.8, 4) is 34.3 Å². The van der Waals surface area contributed by atoms with Crippen molar-refractivity contribution < 1.29 is 18.3 Å². The first-order valence-electron chi connectivity index (χ1n) is 9.38. The van der Waals surface area contributed by atoms with E-state index in [9.17, 15) is 8.78 Å². The lowest BCUT2D eigenvalue weighted by atomic mass is 10.1. The second-order valence-electron chi connectivity index (χ2n) is 6.82. The van der Waals surface area contributed by atoms with E-state index in [1.165, 1.54) is 26.4 Å². The topological polar surface area (TPSA) is 75.0 Å². The summed E-state index contributed by atoms with van der Waals surface area (Å²) in [6.45, 7) is 2.13. The molecule has 0 bridgehead atoms. The van der Waals surface area contributed by atoms with Gasteiger partial charge in [0.05, 0.1) is 25.5 Å². The maximum Gasteiger partial charge on any atom is 0.319 e. The van der Waals surface area contributed by atoms with E-state index in [0.717, 1.165) is 22.9 Å². The van der Waals surface area contributed by atoms with Crippen LogP contribution in [0, 0.1) is 18.6 Å². The molecule has 0 saturated heterocycles. The number of methoxy groups -OCH3 is 2. The summed E-state index contributed by atoms with van der Waals surface area (Å²) < 4.78 is 39.3. The highest BCUT2D eigenvalue weighted by Gasteiger charge is 2.15. The molecule has 0 radical (unpaired) electrons. The van der Waals surface area contributed by atoms with Gasteiger partial charge in [-0.2, -0.15) is 10.1 Å². The molecule has 0 aliphatic carbocycles. The van der Waals surface area contributed by atoms with Crippen molar-refractivity contribution in [3.05, 3.63) is 71.8 Å². The summed E-state index contributed by atoms with van der Waals surface area (Å²) in [4.78, 5) is 8.31. The number of aromatic nitrogens is 5. The molecule has 7 nitrogen and oxygen atoms in total. The fraction of sp³-hybridized carbons (Fsp3) is 0.182. The van der Waals surface area contributed by atoms with Crippen LogP contribution in [0.4, 0.5) is 8.78 Å². The Bertz CT molecular complexity index is 1240. The third-order valence-corrected chi connectivity index (χ3v) is 4.79. The summed E-state index contributed by atoms with van der Waals surface area (Å²) in [6, 6.07) is 7.53. The third kappa shape index (κ3) is 4.20. The maximum absolute atomic E-state index is 14.0. The van der Waals surface area contributed by atoms with Crippen LogP contribution in [-0.2, 0) is 6.54 Å². The molecule has 31 heavy (non-hydrogen) atoms. The lowest BCUT2D eigenvalue weighted by Crippen LogP contribution is -2.01. The maximum atomic E-state index is 14.0. The molecular weight excluding hydrogens is 404 g/mol. The molecule has 0 unspecified atom stereocenters. The van der Waals surface area contributed by atoms with Crippen LogP contribution in [0.15, 0.2) is 48.9 Å². The molecule has 0 aliphatic heterocycles. The Morgan fingerprint density at radius 2 is 1.84 bits per heavy atom. The van der Waals surface area contributed by atoms with Gasteiger partial charge in [-0.15, -0.1) is 5.10 Å². The average Bonchev–Trinajstić information content (AvgIpc) is 3.24. The molecule has 1 aromatic carbocycles. The van der Waals surface area contributed by atoms with E-state index < -0.39 is 11.6 Å². The molecule has 3 aromatic heterocycles. The number of hydrogen-bond acceptors (Lipinski definition) is 6. The first-order valence-corrected chi connectivity index (χ1v) is 9.38. The molecule has 4 rings (SSSR count).